The zero-order chi connectivity index (χ0) is 25.1. The summed E-state index contributed by atoms with van der Waals surface area (Å²) in [6.45, 7) is 0. The summed E-state index contributed by atoms with van der Waals surface area (Å²) in [7, 11) is 3.07. The second-order valence-corrected chi connectivity index (χ2v) is 8.08. The number of benzene rings is 3. The lowest BCUT2D eigenvalue weighted by Crippen LogP contribution is -2.00. The van der Waals surface area contributed by atoms with E-state index in [9.17, 15) is 15.2 Å². The van der Waals surface area contributed by atoms with Crippen molar-refractivity contribution in [1.29, 1.82) is 0 Å². The van der Waals surface area contributed by atoms with Gasteiger partial charge in [0.1, 0.15) is 0 Å². The molecule has 0 amide bonds. The highest BCUT2D eigenvalue weighted by Crippen LogP contribution is 2.33. The summed E-state index contributed by atoms with van der Waals surface area (Å²) in [5, 5.41) is 25.9. The van der Waals surface area contributed by atoms with Gasteiger partial charge in [-0.3, -0.25) is 10.1 Å². The van der Waals surface area contributed by atoms with Gasteiger partial charge in [-0.05, 0) is 35.9 Å². The SMILES string of the molecule is COc1ccc(/C=C/c2cc([N+](=O)[O-])cc3c(O)nc(Nc4ccc(Cl)c(Cl)c4)nc23)cc1OC. The molecule has 9 nitrogen and oxygen atoms in total. The molecule has 35 heavy (non-hydrogen) atoms. The molecule has 0 saturated carbocycles. The Labute approximate surface area is 209 Å². The number of hydrogen-bond donors (Lipinski definition) is 2. The number of aromatic hydroxyl groups is 1. The molecule has 0 unspecified atom stereocenters. The number of hydrogen-bond acceptors (Lipinski definition) is 8. The Morgan fingerprint density at radius 2 is 1.74 bits per heavy atom. The molecule has 1 heterocycles. The number of nitrogens with one attached hydrogen (secondary N) is 1. The molecule has 4 rings (SSSR count). The molecule has 0 fully saturated rings. The lowest BCUT2D eigenvalue weighted by Gasteiger charge is -2.10. The van der Waals surface area contributed by atoms with Crippen LogP contribution in [0.1, 0.15) is 11.1 Å². The summed E-state index contributed by atoms with van der Waals surface area (Å²) >= 11 is 12.0. The summed E-state index contributed by atoms with van der Waals surface area (Å²) in [6, 6.07) is 12.8. The third-order valence-electron chi connectivity index (χ3n) is 5.04. The monoisotopic (exact) mass is 512 g/mol. The lowest BCUT2D eigenvalue weighted by atomic mass is 10.1. The van der Waals surface area contributed by atoms with Crippen molar-refractivity contribution in [1.82, 2.24) is 9.97 Å². The number of halogens is 2. The van der Waals surface area contributed by atoms with Crippen molar-refractivity contribution >= 4 is 63.6 Å². The molecule has 2 N–H and O–H groups in total. The number of nitrogens with zero attached hydrogens (tertiary/aromatic N) is 3. The molecule has 0 atom stereocenters. The highest BCUT2D eigenvalue weighted by atomic mass is 35.5. The molecule has 0 aliphatic heterocycles. The number of nitro groups is 1. The average Bonchev–Trinajstić information content (AvgIpc) is 2.84. The van der Waals surface area contributed by atoms with Crippen molar-refractivity contribution in [2.24, 2.45) is 0 Å². The normalized spacial score (nSPS) is 11.1. The Hall–Kier alpha value is -4.08. The molecule has 1 aromatic heterocycles. The first-order valence-corrected chi connectivity index (χ1v) is 10.9. The quantitative estimate of drug-likeness (QED) is 0.164. The van der Waals surface area contributed by atoms with E-state index < -0.39 is 10.8 Å². The van der Waals surface area contributed by atoms with Gasteiger partial charge in [0.2, 0.25) is 11.8 Å². The second-order valence-electron chi connectivity index (χ2n) is 7.26. The largest absolute Gasteiger partial charge is 0.493 e. The van der Waals surface area contributed by atoms with Gasteiger partial charge in [0.15, 0.2) is 11.5 Å². The molecule has 0 radical (unpaired) electrons. The predicted octanol–water partition coefficient (Wildman–Crippen LogP) is 6.48. The van der Waals surface area contributed by atoms with E-state index in [0.717, 1.165) is 5.56 Å². The van der Waals surface area contributed by atoms with Gasteiger partial charge in [0.05, 0.1) is 40.1 Å². The Morgan fingerprint density at radius 1 is 0.971 bits per heavy atom. The van der Waals surface area contributed by atoms with Crippen LogP contribution in [0.4, 0.5) is 17.3 Å². The summed E-state index contributed by atoms with van der Waals surface area (Å²) in [4.78, 5) is 19.5. The first-order chi connectivity index (χ1) is 16.8. The highest BCUT2D eigenvalue weighted by Gasteiger charge is 2.17. The number of non-ortho nitro benzene ring substituents is 1. The van der Waals surface area contributed by atoms with E-state index >= 15 is 0 Å². The minimum atomic E-state index is -0.547. The van der Waals surface area contributed by atoms with Crippen molar-refractivity contribution < 1.29 is 19.5 Å². The molecule has 0 bridgehead atoms. The summed E-state index contributed by atoms with van der Waals surface area (Å²) in [6.07, 6.45) is 3.40. The number of fused-ring (bicyclic) bond motifs is 1. The molecular formula is C24H18Cl2N4O5. The van der Waals surface area contributed by atoms with Crippen molar-refractivity contribution in [3.8, 4) is 17.4 Å². The van der Waals surface area contributed by atoms with Crippen LogP contribution in [-0.4, -0.2) is 34.2 Å². The van der Waals surface area contributed by atoms with Crippen LogP contribution in [0, 0.1) is 10.1 Å². The second kappa shape index (κ2) is 10.0. The van der Waals surface area contributed by atoms with Crippen LogP contribution in [0.2, 0.25) is 10.0 Å². The summed E-state index contributed by atoms with van der Waals surface area (Å²) in [5.41, 5.74) is 1.80. The molecule has 178 valence electrons. The van der Waals surface area contributed by atoms with E-state index in [4.69, 9.17) is 32.7 Å². The Kier molecular flexibility index (Phi) is 6.90. The third kappa shape index (κ3) is 5.21. The average molecular weight is 513 g/mol. The summed E-state index contributed by atoms with van der Waals surface area (Å²) < 4.78 is 10.6. The number of aromatic nitrogens is 2. The lowest BCUT2D eigenvalue weighted by molar-refractivity contribution is -0.384. The molecule has 4 aromatic rings. The maximum Gasteiger partial charge on any atom is 0.270 e. The van der Waals surface area contributed by atoms with Crippen molar-refractivity contribution in [3.05, 3.63) is 79.8 Å². The fourth-order valence-electron chi connectivity index (χ4n) is 3.36. The van der Waals surface area contributed by atoms with Crippen LogP contribution in [0.5, 0.6) is 17.4 Å². The van der Waals surface area contributed by atoms with Gasteiger partial charge in [-0.15, -0.1) is 0 Å². The number of anilines is 2. The molecule has 0 spiro atoms. The van der Waals surface area contributed by atoms with E-state index in [2.05, 4.69) is 15.3 Å². The van der Waals surface area contributed by atoms with Crippen LogP contribution < -0.4 is 14.8 Å². The van der Waals surface area contributed by atoms with Crippen LogP contribution in [0.15, 0.2) is 48.5 Å². The van der Waals surface area contributed by atoms with Crippen LogP contribution >= 0.6 is 23.2 Å². The minimum Gasteiger partial charge on any atom is -0.493 e. The van der Waals surface area contributed by atoms with Crippen LogP contribution in [0.3, 0.4) is 0 Å². The van der Waals surface area contributed by atoms with Crippen LogP contribution in [-0.2, 0) is 0 Å². The van der Waals surface area contributed by atoms with E-state index in [1.807, 2.05) is 0 Å². The van der Waals surface area contributed by atoms with Gasteiger partial charge in [0, 0.05) is 23.4 Å². The topological polar surface area (TPSA) is 120 Å². The summed E-state index contributed by atoms with van der Waals surface area (Å²) in [5.74, 6) is 0.762. The standard InChI is InChI=1S/C24H18Cl2N4O5/c1-34-20-8-4-13(9-21(20)35-2)3-5-14-10-16(30(32)33)12-17-22(14)28-24(29-23(17)31)27-15-6-7-18(25)19(26)11-15/h3-12H,1-2H3,(H2,27,28,29,31)/b5-3+. The predicted molar refractivity (Wildman–Crippen MR) is 136 cm³/mol. The van der Waals surface area contributed by atoms with Gasteiger partial charge >= 0.3 is 0 Å². The Bertz CT molecular complexity index is 1480. The third-order valence-corrected chi connectivity index (χ3v) is 5.78. The zero-order valence-corrected chi connectivity index (χ0v) is 20.0. The molecule has 0 aliphatic carbocycles. The molecule has 0 saturated heterocycles. The van der Waals surface area contributed by atoms with Crippen LogP contribution in [0.25, 0.3) is 23.1 Å². The number of rotatable bonds is 7. The first-order valence-electron chi connectivity index (χ1n) is 10.1. The van der Waals surface area contributed by atoms with E-state index in [1.54, 1.807) is 55.7 Å². The zero-order valence-electron chi connectivity index (χ0n) is 18.5. The number of ether oxygens (including phenoxy) is 2. The van der Waals surface area contributed by atoms with Crippen molar-refractivity contribution in [2.75, 3.05) is 19.5 Å². The van der Waals surface area contributed by atoms with E-state index in [0.29, 0.717) is 38.3 Å². The van der Waals surface area contributed by atoms with Gasteiger partial charge in [-0.1, -0.05) is 41.4 Å². The first kappa shape index (κ1) is 24.1. The van der Waals surface area contributed by atoms with Gasteiger partial charge in [0.25, 0.3) is 5.69 Å². The van der Waals surface area contributed by atoms with Gasteiger partial charge < -0.3 is 19.9 Å². The van der Waals surface area contributed by atoms with Gasteiger partial charge in [-0.25, -0.2) is 4.98 Å². The molecule has 3 aromatic carbocycles. The molecular weight excluding hydrogens is 495 g/mol. The maximum atomic E-state index is 11.5. The van der Waals surface area contributed by atoms with Crippen molar-refractivity contribution in [3.63, 3.8) is 0 Å². The minimum absolute atomic E-state index is 0.0722. The molecule has 11 heteroatoms. The molecule has 0 aliphatic rings. The van der Waals surface area contributed by atoms with E-state index in [-0.39, 0.29) is 17.0 Å². The number of nitro benzene ring substituents is 1. The fraction of sp³-hybridized carbons (Fsp3) is 0.0833. The van der Waals surface area contributed by atoms with Gasteiger partial charge in [-0.2, -0.15) is 4.98 Å². The Morgan fingerprint density at radius 3 is 2.43 bits per heavy atom. The highest BCUT2D eigenvalue weighted by molar-refractivity contribution is 6.42. The maximum absolute atomic E-state index is 11.5. The Balaban J connectivity index is 1.80. The smallest absolute Gasteiger partial charge is 0.270 e. The van der Waals surface area contributed by atoms with E-state index in [1.165, 1.54) is 19.2 Å². The fourth-order valence-corrected chi connectivity index (χ4v) is 3.66. The number of methoxy groups -OCH3 is 2. The van der Waals surface area contributed by atoms with Crippen molar-refractivity contribution in [2.45, 2.75) is 0 Å².